The smallest absolute Gasteiger partial charge is 0.266 e. The van der Waals surface area contributed by atoms with E-state index in [0.29, 0.717) is 11.3 Å². The Labute approximate surface area is 176 Å². The molecule has 0 heterocycles. The molecule has 0 atom stereocenters. The number of halogens is 3. The zero-order valence-corrected chi connectivity index (χ0v) is 17.4. The first kappa shape index (κ1) is 20.1. The zero-order valence-electron chi connectivity index (χ0n) is 13.1. The summed E-state index contributed by atoms with van der Waals surface area (Å²) in [6.45, 7) is -0.0737. The van der Waals surface area contributed by atoms with Gasteiger partial charge in [0, 0.05) is 0 Å². The van der Waals surface area contributed by atoms with Crippen LogP contribution in [-0.4, -0.2) is 12.5 Å². The lowest BCUT2D eigenvalue weighted by Gasteiger charge is -2.09. The van der Waals surface area contributed by atoms with E-state index in [0.717, 1.165) is 7.14 Å². The van der Waals surface area contributed by atoms with Crippen LogP contribution in [0.1, 0.15) is 5.56 Å². The van der Waals surface area contributed by atoms with E-state index in [2.05, 4.69) is 5.32 Å². The van der Waals surface area contributed by atoms with Gasteiger partial charge in [-0.3, -0.25) is 4.79 Å². The molecule has 1 amide bonds. The fourth-order valence-electron chi connectivity index (χ4n) is 1.97. The highest BCUT2D eigenvalue weighted by Crippen LogP contribution is 2.30. The predicted molar refractivity (Wildman–Crippen MR) is 112 cm³/mol. The first-order valence-electron chi connectivity index (χ1n) is 7.12. The fraction of sp³-hybridized carbons (Fsp3) is 0.0556. The van der Waals surface area contributed by atoms with Gasteiger partial charge in [0.15, 0.2) is 6.61 Å². The summed E-state index contributed by atoms with van der Waals surface area (Å²) in [6.07, 6.45) is 1.41. The minimum absolute atomic E-state index is 0.00284. The molecule has 130 valence electrons. The van der Waals surface area contributed by atoms with Gasteiger partial charge in [0.2, 0.25) is 0 Å². The van der Waals surface area contributed by atoms with E-state index in [1.165, 1.54) is 24.3 Å². The lowest BCUT2D eigenvalue weighted by molar-refractivity contribution is -0.112. The van der Waals surface area contributed by atoms with Crippen molar-refractivity contribution >= 4 is 62.9 Å². The third-order valence-corrected chi connectivity index (χ3v) is 4.70. The molecule has 0 radical (unpaired) electrons. The highest BCUT2D eigenvalue weighted by atomic mass is 127. The number of nitriles is 2. The lowest BCUT2D eigenvalue weighted by atomic mass is 10.1. The van der Waals surface area contributed by atoms with Crippen molar-refractivity contribution in [2.45, 2.75) is 0 Å². The number of hydrogen-bond donors (Lipinski definition) is 1. The number of rotatable bonds is 5. The van der Waals surface area contributed by atoms with Crippen LogP contribution in [0.4, 0.5) is 10.1 Å². The summed E-state index contributed by atoms with van der Waals surface area (Å²) in [6, 6.07) is 12.9. The van der Waals surface area contributed by atoms with Crippen LogP contribution in [0, 0.1) is 35.6 Å². The molecule has 2 rings (SSSR count). The molecule has 2 aromatic rings. The first-order valence-corrected chi connectivity index (χ1v) is 9.28. The van der Waals surface area contributed by atoms with E-state index in [1.54, 1.807) is 18.2 Å². The van der Waals surface area contributed by atoms with E-state index in [4.69, 9.17) is 10.00 Å². The molecule has 0 aliphatic rings. The van der Waals surface area contributed by atoms with Gasteiger partial charge in [-0.05, 0) is 81.1 Å². The molecule has 0 unspecified atom stereocenters. The number of nitrogens with zero attached hydrogens (tertiary/aromatic N) is 2. The number of ether oxygens (including phenoxy) is 1. The molecule has 5 nitrogen and oxygen atoms in total. The van der Waals surface area contributed by atoms with Crippen molar-refractivity contribution in [2.24, 2.45) is 0 Å². The Morgan fingerprint density at radius 1 is 1.23 bits per heavy atom. The van der Waals surface area contributed by atoms with E-state index in [9.17, 15) is 14.4 Å². The Balaban J connectivity index is 2.28. The van der Waals surface area contributed by atoms with Crippen molar-refractivity contribution < 1.29 is 13.9 Å². The van der Waals surface area contributed by atoms with Crippen LogP contribution in [-0.2, 0) is 4.79 Å². The van der Waals surface area contributed by atoms with Gasteiger partial charge in [-0.2, -0.15) is 10.5 Å². The van der Waals surface area contributed by atoms with Crippen LogP contribution in [0.15, 0.2) is 42.0 Å². The van der Waals surface area contributed by atoms with Gasteiger partial charge < -0.3 is 10.1 Å². The average Bonchev–Trinajstić information content (AvgIpc) is 2.61. The Hall–Kier alpha value is -2.18. The molecular weight excluding hydrogens is 563 g/mol. The number of hydrogen-bond acceptors (Lipinski definition) is 4. The zero-order chi connectivity index (χ0) is 19.1. The number of carbonyl (C=O) groups excluding carboxylic acids is 1. The van der Waals surface area contributed by atoms with E-state index in [1.807, 2.05) is 57.3 Å². The van der Waals surface area contributed by atoms with Gasteiger partial charge in [0.05, 0.1) is 12.8 Å². The van der Waals surface area contributed by atoms with Crippen molar-refractivity contribution in [3.63, 3.8) is 0 Å². The third kappa shape index (κ3) is 5.16. The minimum Gasteiger partial charge on any atom is -0.477 e. The maximum atomic E-state index is 13.6. The second kappa shape index (κ2) is 9.50. The molecule has 0 aliphatic carbocycles. The normalized spacial score (nSPS) is 10.6. The molecule has 1 N–H and O–H groups in total. The van der Waals surface area contributed by atoms with Gasteiger partial charge in [0.1, 0.15) is 29.3 Å². The molecule has 0 saturated carbocycles. The van der Waals surface area contributed by atoms with Crippen molar-refractivity contribution in [3.05, 3.63) is 60.5 Å². The van der Waals surface area contributed by atoms with Crippen molar-refractivity contribution in [2.75, 3.05) is 11.9 Å². The lowest BCUT2D eigenvalue weighted by Crippen LogP contribution is -2.14. The fourth-order valence-corrected chi connectivity index (χ4v) is 4.10. The summed E-state index contributed by atoms with van der Waals surface area (Å²) < 4.78 is 20.5. The molecule has 26 heavy (non-hydrogen) atoms. The monoisotopic (exact) mass is 573 g/mol. The molecule has 0 fully saturated rings. The van der Waals surface area contributed by atoms with Crippen LogP contribution >= 0.6 is 45.2 Å². The summed E-state index contributed by atoms with van der Waals surface area (Å²) in [4.78, 5) is 12.2. The maximum absolute atomic E-state index is 13.6. The van der Waals surface area contributed by atoms with Crippen LogP contribution in [0.2, 0.25) is 0 Å². The highest BCUT2D eigenvalue weighted by molar-refractivity contribution is 14.1. The number of benzene rings is 2. The van der Waals surface area contributed by atoms with Crippen molar-refractivity contribution in [1.82, 2.24) is 0 Å². The van der Waals surface area contributed by atoms with E-state index in [-0.39, 0.29) is 17.9 Å². The van der Waals surface area contributed by atoms with E-state index < -0.39 is 11.7 Å². The summed E-state index contributed by atoms with van der Waals surface area (Å²) in [5.41, 5.74) is 0.456. The molecule has 0 spiro atoms. The summed E-state index contributed by atoms with van der Waals surface area (Å²) in [5, 5.41) is 20.3. The van der Waals surface area contributed by atoms with Crippen LogP contribution in [0.3, 0.4) is 0 Å². The number of para-hydroxylation sites is 1. The number of anilines is 1. The minimum atomic E-state index is -0.701. The molecule has 2 aromatic carbocycles. The largest absolute Gasteiger partial charge is 0.477 e. The molecule has 0 saturated heterocycles. The summed E-state index contributed by atoms with van der Waals surface area (Å²) in [7, 11) is 0. The van der Waals surface area contributed by atoms with Gasteiger partial charge in [-0.15, -0.1) is 0 Å². The van der Waals surface area contributed by atoms with E-state index >= 15 is 0 Å². The number of amides is 1. The van der Waals surface area contributed by atoms with Crippen LogP contribution in [0.25, 0.3) is 6.08 Å². The van der Waals surface area contributed by atoms with Crippen molar-refractivity contribution in [3.8, 4) is 17.9 Å². The quantitative estimate of drug-likeness (QED) is 0.325. The second-order valence-corrected chi connectivity index (χ2v) is 7.19. The second-order valence-electron chi connectivity index (χ2n) is 4.86. The van der Waals surface area contributed by atoms with Gasteiger partial charge >= 0.3 is 0 Å². The Kier molecular flexibility index (Phi) is 7.36. The topological polar surface area (TPSA) is 85.9 Å². The maximum Gasteiger partial charge on any atom is 0.266 e. The van der Waals surface area contributed by atoms with Gasteiger partial charge in [-0.1, -0.05) is 12.1 Å². The van der Waals surface area contributed by atoms with Crippen LogP contribution in [0.5, 0.6) is 5.75 Å². The molecular formula is C18H10FI2N3O2. The predicted octanol–water partition coefficient (Wildman–Crippen LogP) is 4.48. The SMILES string of the molecule is N#CCOc1c(I)cc(/C=C(/C#N)C(=O)Nc2ccccc2F)cc1I. The molecule has 0 aromatic heterocycles. The average molecular weight is 573 g/mol. The van der Waals surface area contributed by atoms with Crippen LogP contribution < -0.4 is 10.1 Å². The molecule has 0 bridgehead atoms. The molecule has 0 aliphatic heterocycles. The van der Waals surface area contributed by atoms with Gasteiger partial charge in [-0.25, -0.2) is 4.39 Å². The summed E-state index contributed by atoms with van der Waals surface area (Å²) >= 11 is 4.10. The molecule has 8 heteroatoms. The Bertz CT molecular complexity index is 939. The number of nitrogens with one attached hydrogen (secondary N) is 1. The standard InChI is InChI=1S/C18H10FI2N3O2/c19-13-3-1-2-4-16(13)24-18(25)12(10-23)7-11-8-14(20)17(15(21)9-11)26-6-5-22/h1-4,7-9H,6H2,(H,24,25)/b12-7-. The highest BCUT2D eigenvalue weighted by Gasteiger charge is 2.13. The third-order valence-electron chi connectivity index (χ3n) is 3.10. The Morgan fingerprint density at radius 3 is 2.46 bits per heavy atom. The number of carbonyl (C=O) groups is 1. The van der Waals surface area contributed by atoms with Crippen molar-refractivity contribution in [1.29, 1.82) is 10.5 Å². The first-order chi connectivity index (χ1) is 12.5. The summed E-state index contributed by atoms with van der Waals surface area (Å²) in [5.74, 6) is -0.715. The van der Waals surface area contributed by atoms with Gasteiger partial charge in [0.25, 0.3) is 5.91 Å². The Morgan fingerprint density at radius 2 is 1.88 bits per heavy atom.